The van der Waals surface area contributed by atoms with Gasteiger partial charge < -0.3 is 4.57 Å². The van der Waals surface area contributed by atoms with Crippen molar-refractivity contribution < 1.29 is 0 Å². The van der Waals surface area contributed by atoms with Crippen LogP contribution in [0.15, 0.2) is 24.5 Å². The lowest BCUT2D eigenvalue weighted by molar-refractivity contribution is 0.203. The minimum Gasteiger partial charge on any atom is -0.327 e. The average molecular weight is 338 g/mol. The number of hydrogen-bond acceptors (Lipinski definition) is 4. The molecule has 2 aromatic heterocycles. The van der Waals surface area contributed by atoms with E-state index in [9.17, 15) is 0 Å². The standard InChI is InChI=1S/C19H26N6/c1-4-5-14(2)23-9-8-19-21-17-12-16(25-13-20-22-15(25)3)6-7-18(17)24(19)11-10-23/h6-7,12-14H,4-5,8-11H2,1-3H3. The molecule has 1 aliphatic heterocycles. The van der Waals surface area contributed by atoms with Crippen LogP contribution in [0.25, 0.3) is 16.7 Å². The number of rotatable bonds is 4. The van der Waals surface area contributed by atoms with E-state index in [-0.39, 0.29) is 0 Å². The van der Waals surface area contributed by atoms with Gasteiger partial charge in [-0.3, -0.25) is 9.47 Å². The van der Waals surface area contributed by atoms with Crippen molar-refractivity contribution in [3.8, 4) is 5.69 Å². The van der Waals surface area contributed by atoms with Crippen molar-refractivity contribution in [3.05, 3.63) is 36.2 Å². The highest BCUT2D eigenvalue weighted by Crippen LogP contribution is 2.23. The SMILES string of the molecule is CCCC(C)N1CCc2nc3cc(-n4cnnc4C)ccc3n2CC1. The molecule has 0 saturated carbocycles. The van der Waals surface area contributed by atoms with Crippen LogP contribution in [0.3, 0.4) is 0 Å². The first kappa shape index (κ1) is 16.3. The first-order valence-corrected chi connectivity index (χ1v) is 9.27. The van der Waals surface area contributed by atoms with Crippen LogP contribution in [0.1, 0.15) is 38.3 Å². The first-order valence-electron chi connectivity index (χ1n) is 9.27. The Bertz CT molecular complexity index is 877. The smallest absolute Gasteiger partial charge is 0.134 e. The maximum absolute atomic E-state index is 4.94. The molecule has 6 nitrogen and oxygen atoms in total. The second-order valence-electron chi connectivity index (χ2n) is 7.02. The Morgan fingerprint density at radius 1 is 1.20 bits per heavy atom. The van der Waals surface area contributed by atoms with Crippen LogP contribution in [0.2, 0.25) is 0 Å². The molecule has 0 N–H and O–H groups in total. The monoisotopic (exact) mass is 338 g/mol. The summed E-state index contributed by atoms with van der Waals surface area (Å²) in [7, 11) is 0. The van der Waals surface area contributed by atoms with E-state index < -0.39 is 0 Å². The highest BCUT2D eigenvalue weighted by atomic mass is 15.3. The fraction of sp³-hybridized carbons (Fsp3) is 0.526. The molecule has 0 aliphatic carbocycles. The number of fused-ring (bicyclic) bond motifs is 3. The second kappa shape index (κ2) is 6.59. The van der Waals surface area contributed by atoms with Crippen LogP contribution in [0, 0.1) is 6.92 Å². The Hall–Kier alpha value is -2.21. The summed E-state index contributed by atoms with van der Waals surface area (Å²) in [5, 5.41) is 8.05. The zero-order chi connectivity index (χ0) is 17.4. The normalized spacial score (nSPS) is 16.8. The summed E-state index contributed by atoms with van der Waals surface area (Å²) in [4.78, 5) is 7.55. The van der Waals surface area contributed by atoms with Crippen LogP contribution in [-0.2, 0) is 13.0 Å². The fourth-order valence-corrected chi connectivity index (χ4v) is 3.93. The van der Waals surface area contributed by atoms with Gasteiger partial charge in [-0.15, -0.1) is 10.2 Å². The van der Waals surface area contributed by atoms with Gasteiger partial charge >= 0.3 is 0 Å². The van der Waals surface area contributed by atoms with E-state index in [1.807, 2.05) is 11.5 Å². The third kappa shape index (κ3) is 2.95. The van der Waals surface area contributed by atoms with Crippen LogP contribution in [0.4, 0.5) is 0 Å². The Morgan fingerprint density at radius 3 is 2.84 bits per heavy atom. The van der Waals surface area contributed by atoms with Crippen molar-refractivity contribution in [2.45, 2.75) is 52.6 Å². The lowest BCUT2D eigenvalue weighted by atomic mass is 10.1. The van der Waals surface area contributed by atoms with Crippen LogP contribution < -0.4 is 0 Å². The highest BCUT2D eigenvalue weighted by molar-refractivity contribution is 5.78. The molecular formula is C19H26N6. The molecule has 1 atom stereocenters. The number of hydrogen-bond donors (Lipinski definition) is 0. The molecule has 0 bridgehead atoms. The maximum Gasteiger partial charge on any atom is 0.134 e. The number of nitrogens with zero attached hydrogens (tertiary/aromatic N) is 6. The lowest BCUT2D eigenvalue weighted by Crippen LogP contribution is -2.35. The fourth-order valence-electron chi connectivity index (χ4n) is 3.93. The number of imidazole rings is 1. The van der Waals surface area contributed by atoms with E-state index in [4.69, 9.17) is 4.98 Å². The van der Waals surface area contributed by atoms with Gasteiger partial charge in [-0.25, -0.2) is 4.98 Å². The van der Waals surface area contributed by atoms with Crippen molar-refractivity contribution in [3.63, 3.8) is 0 Å². The minimum absolute atomic E-state index is 0.657. The Kier molecular flexibility index (Phi) is 4.29. The molecule has 0 amide bonds. The van der Waals surface area contributed by atoms with Crippen molar-refractivity contribution >= 4 is 11.0 Å². The minimum atomic E-state index is 0.657. The van der Waals surface area contributed by atoms with Gasteiger partial charge in [0.15, 0.2) is 0 Å². The summed E-state index contributed by atoms with van der Waals surface area (Å²) in [6.07, 6.45) is 5.29. The summed E-state index contributed by atoms with van der Waals surface area (Å²) >= 11 is 0. The molecule has 25 heavy (non-hydrogen) atoms. The molecule has 1 unspecified atom stereocenters. The van der Waals surface area contributed by atoms with Crippen molar-refractivity contribution in [2.24, 2.45) is 0 Å². The Labute approximate surface area is 148 Å². The van der Waals surface area contributed by atoms with Crippen molar-refractivity contribution in [2.75, 3.05) is 13.1 Å². The summed E-state index contributed by atoms with van der Waals surface area (Å²) in [6.45, 7) is 9.80. The molecule has 4 rings (SSSR count). The molecule has 3 aromatic rings. The van der Waals surface area contributed by atoms with Crippen LogP contribution in [-0.4, -0.2) is 48.3 Å². The van der Waals surface area contributed by atoms with Crippen LogP contribution in [0.5, 0.6) is 0 Å². The van der Waals surface area contributed by atoms with Gasteiger partial charge in [0.2, 0.25) is 0 Å². The molecule has 3 heterocycles. The van der Waals surface area contributed by atoms with E-state index in [1.54, 1.807) is 6.33 Å². The quantitative estimate of drug-likeness (QED) is 0.734. The molecular weight excluding hydrogens is 312 g/mol. The van der Waals surface area contributed by atoms with E-state index in [2.05, 4.69) is 51.7 Å². The molecule has 0 saturated heterocycles. The van der Waals surface area contributed by atoms with Gasteiger partial charge in [0.25, 0.3) is 0 Å². The summed E-state index contributed by atoms with van der Waals surface area (Å²) in [5.41, 5.74) is 3.37. The number of benzene rings is 1. The van der Waals surface area contributed by atoms with Gasteiger partial charge in [0.1, 0.15) is 18.0 Å². The molecule has 132 valence electrons. The molecule has 0 spiro atoms. The van der Waals surface area contributed by atoms with E-state index in [0.29, 0.717) is 6.04 Å². The summed E-state index contributed by atoms with van der Waals surface area (Å²) in [5.74, 6) is 2.10. The molecule has 0 radical (unpaired) electrons. The molecule has 1 aromatic carbocycles. The van der Waals surface area contributed by atoms with E-state index >= 15 is 0 Å². The predicted molar refractivity (Wildman–Crippen MR) is 99.0 cm³/mol. The van der Waals surface area contributed by atoms with Gasteiger partial charge in [-0.05, 0) is 38.5 Å². The maximum atomic E-state index is 4.94. The Balaban J connectivity index is 1.63. The van der Waals surface area contributed by atoms with Crippen molar-refractivity contribution in [1.82, 2.24) is 29.2 Å². The van der Waals surface area contributed by atoms with Gasteiger partial charge in [0.05, 0.1) is 16.7 Å². The van der Waals surface area contributed by atoms with Crippen LogP contribution >= 0.6 is 0 Å². The molecule has 1 aliphatic rings. The molecule has 6 heteroatoms. The van der Waals surface area contributed by atoms with Gasteiger partial charge in [-0.1, -0.05) is 13.3 Å². The zero-order valence-electron chi connectivity index (χ0n) is 15.3. The largest absolute Gasteiger partial charge is 0.327 e. The summed E-state index contributed by atoms with van der Waals surface area (Å²) < 4.78 is 4.40. The summed E-state index contributed by atoms with van der Waals surface area (Å²) in [6, 6.07) is 7.12. The third-order valence-electron chi connectivity index (χ3n) is 5.37. The highest BCUT2D eigenvalue weighted by Gasteiger charge is 2.20. The topological polar surface area (TPSA) is 51.8 Å². The predicted octanol–water partition coefficient (Wildman–Crippen LogP) is 2.97. The average Bonchev–Trinajstić information content (AvgIpc) is 3.11. The Morgan fingerprint density at radius 2 is 2.08 bits per heavy atom. The van der Waals surface area contributed by atoms with E-state index in [1.165, 1.54) is 24.2 Å². The lowest BCUT2D eigenvalue weighted by Gasteiger charge is -2.27. The van der Waals surface area contributed by atoms with Gasteiger partial charge in [0, 0.05) is 32.1 Å². The van der Waals surface area contributed by atoms with Gasteiger partial charge in [-0.2, -0.15) is 0 Å². The van der Waals surface area contributed by atoms with Crippen molar-refractivity contribution in [1.29, 1.82) is 0 Å². The second-order valence-corrected chi connectivity index (χ2v) is 7.02. The number of aryl methyl sites for hydroxylation is 1. The van der Waals surface area contributed by atoms with E-state index in [0.717, 1.165) is 43.1 Å². The third-order valence-corrected chi connectivity index (χ3v) is 5.37. The number of aromatic nitrogens is 5. The first-order chi connectivity index (χ1) is 12.2. The zero-order valence-corrected chi connectivity index (χ0v) is 15.3. The molecule has 0 fully saturated rings.